The molecule has 0 aliphatic carbocycles. The normalized spacial score (nSPS) is 12.0. The first-order chi connectivity index (χ1) is 12.8. The highest BCUT2D eigenvalue weighted by molar-refractivity contribution is 14.0. The summed E-state index contributed by atoms with van der Waals surface area (Å²) in [4.78, 5) is 4.49. The first kappa shape index (κ1) is 23.4. The second kappa shape index (κ2) is 14.4. The van der Waals surface area contributed by atoms with E-state index < -0.39 is 10.8 Å². The molecule has 2 aromatic carbocycles. The molecular formula is C20H28IN3O2S. The van der Waals surface area contributed by atoms with Crippen LogP contribution in [0.3, 0.4) is 0 Å². The summed E-state index contributed by atoms with van der Waals surface area (Å²) in [5, 5.41) is 6.42. The standard InChI is InChI=1S/C20H27N3O2S.HI/c1-2-21-20(22-13-15-25-19-11-7-4-8-12-19)23-14-16-26(24)17-18-9-5-3-6-10-18;/h3-12H,2,13-17H2,1H3,(H2,21,22,23);1H. The van der Waals surface area contributed by atoms with Gasteiger partial charge in [0.25, 0.3) is 0 Å². The number of halogens is 1. The lowest BCUT2D eigenvalue weighted by Crippen LogP contribution is -2.39. The van der Waals surface area contributed by atoms with Crippen LogP contribution in [-0.4, -0.2) is 42.2 Å². The van der Waals surface area contributed by atoms with E-state index >= 15 is 0 Å². The first-order valence-corrected chi connectivity index (χ1v) is 10.4. The summed E-state index contributed by atoms with van der Waals surface area (Å²) in [6.07, 6.45) is 0. The van der Waals surface area contributed by atoms with Crippen molar-refractivity contribution in [1.29, 1.82) is 0 Å². The first-order valence-electron chi connectivity index (χ1n) is 8.87. The van der Waals surface area contributed by atoms with Crippen molar-refractivity contribution in [3.8, 4) is 5.75 Å². The largest absolute Gasteiger partial charge is 0.492 e. The van der Waals surface area contributed by atoms with Gasteiger partial charge in [0.05, 0.1) is 13.1 Å². The lowest BCUT2D eigenvalue weighted by atomic mass is 10.2. The Morgan fingerprint density at radius 3 is 2.37 bits per heavy atom. The Balaban J connectivity index is 0.00000364. The Morgan fingerprint density at radius 1 is 1.04 bits per heavy atom. The van der Waals surface area contributed by atoms with Crippen LogP contribution in [0.25, 0.3) is 0 Å². The van der Waals surface area contributed by atoms with Gasteiger partial charge in [0.2, 0.25) is 0 Å². The molecule has 0 saturated heterocycles. The lowest BCUT2D eigenvalue weighted by Gasteiger charge is -2.12. The molecule has 0 aromatic heterocycles. The fraction of sp³-hybridized carbons (Fsp3) is 0.350. The van der Waals surface area contributed by atoms with E-state index in [4.69, 9.17) is 4.74 Å². The minimum atomic E-state index is -0.911. The third-order valence-electron chi connectivity index (χ3n) is 3.51. The third kappa shape index (κ3) is 10.3. The number of hydrogen-bond donors (Lipinski definition) is 2. The molecule has 7 heteroatoms. The number of para-hydroxylation sites is 1. The van der Waals surface area contributed by atoms with Gasteiger partial charge in [0, 0.05) is 28.9 Å². The van der Waals surface area contributed by atoms with Crippen LogP contribution >= 0.6 is 24.0 Å². The van der Waals surface area contributed by atoms with E-state index in [1.54, 1.807) is 0 Å². The van der Waals surface area contributed by atoms with Gasteiger partial charge in [-0.3, -0.25) is 9.20 Å². The molecule has 0 spiro atoms. The molecule has 0 fully saturated rings. The smallest absolute Gasteiger partial charge is 0.191 e. The highest BCUT2D eigenvalue weighted by Gasteiger charge is 2.02. The summed E-state index contributed by atoms with van der Waals surface area (Å²) in [6.45, 7) is 4.51. The van der Waals surface area contributed by atoms with E-state index in [2.05, 4.69) is 15.6 Å². The average Bonchev–Trinajstić information content (AvgIpc) is 2.67. The highest BCUT2D eigenvalue weighted by atomic mass is 127. The average molecular weight is 501 g/mol. The molecule has 27 heavy (non-hydrogen) atoms. The molecule has 0 aliphatic rings. The van der Waals surface area contributed by atoms with Crippen LogP contribution < -0.4 is 15.4 Å². The summed E-state index contributed by atoms with van der Waals surface area (Å²) in [7, 11) is -0.911. The molecule has 0 saturated carbocycles. The molecular weight excluding hydrogens is 473 g/mol. The van der Waals surface area contributed by atoms with Crippen molar-refractivity contribution in [3.05, 3.63) is 66.2 Å². The van der Waals surface area contributed by atoms with E-state index in [1.165, 1.54) is 0 Å². The molecule has 1 atom stereocenters. The molecule has 0 bridgehead atoms. The van der Waals surface area contributed by atoms with Crippen LogP contribution in [0.15, 0.2) is 65.7 Å². The zero-order chi connectivity index (χ0) is 18.5. The summed E-state index contributed by atoms with van der Waals surface area (Å²) in [5.41, 5.74) is 1.10. The third-order valence-corrected chi connectivity index (χ3v) is 4.80. The van der Waals surface area contributed by atoms with Gasteiger partial charge in [0.15, 0.2) is 5.96 Å². The van der Waals surface area contributed by atoms with Crippen molar-refractivity contribution in [2.24, 2.45) is 4.99 Å². The van der Waals surface area contributed by atoms with Gasteiger partial charge in [-0.2, -0.15) is 0 Å². The molecule has 2 rings (SSSR count). The van der Waals surface area contributed by atoms with Crippen molar-refractivity contribution in [2.75, 3.05) is 32.0 Å². The number of benzene rings is 2. The van der Waals surface area contributed by atoms with Crippen LogP contribution in [0.4, 0.5) is 0 Å². The Hall–Kier alpha value is -1.61. The fourth-order valence-electron chi connectivity index (χ4n) is 2.29. The van der Waals surface area contributed by atoms with Crippen molar-refractivity contribution in [1.82, 2.24) is 10.6 Å². The predicted octanol–water partition coefficient (Wildman–Crippen LogP) is 3.19. The predicted molar refractivity (Wildman–Crippen MR) is 124 cm³/mol. The molecule has 0 aliphatic heterocycles. The number of rotatable bonds is 10. The van der Waals surface area contributed by atoms with E-state index in [9.17, 15) is 4.21 Å². The SMILES string of the molecule is CCNC(=NCCS(=O)Cc1ccccc1)NCCOc1ccccc1.I. The van der Waals surface area contributed by atoms with Gasteiger partial charge in [0.1, 0.15) is 12.4 Å². The van der Waals surface area contributed by atoms with Crippen molar-refractivity contribution >= 4 is 40.7 Å². The second-order valence-electron chi connectivity index (χ2n) is 5.62. The van der Waals surface area contributed by atoms with E-state index in [0.29, 0.717) is 31.2 Å². The maximum absolute atomic E-state index is 12.2. The molecule has 1 unspecified atom stereocenters. The van der Waals surface area contributed by atoms with Gasteiger partial charge in [-0.05, 0) is 24.6 Å². The summed E-state index contributed by atoms with van der Waals surface area (Å²) in [6, 6.07) is 19.6. The molecule has 0 radical (unpaired) electrons. The van der Waals surface area contributed by atoms with Gasteiger partial charge in [-0.15, -0.1) is 24.0 Å². The summed E-state index contributed by atoms with van der Waals surface area (Å²) < 4.78 is 17.8. The van der Waals surface area contributed by atoms with Crippen molar-refractivity contribution in [2.45, 2.75) is 12.7 Å². The second-order valence-corrected chi connectivity index (χ2v) is 7.20. The number of guanidine groups is 1. The number of nitrogens with zero attached hydrogens (tertiary/aromatic N) is 1. The molecule has 2 N–H and O–H groups in total. The van der Waals surface area contributed by atoms with E-state index in [0.717, 1.165) is 23.8 Å². The monoisotopic (exact) mass is 501 g/mol. The topological polar surface area (TPSA) is 62.7 Å². The Kier molecular flexibility index (Phi) is 12.5. The van der Waals surface area contributed by atoms with Crippen molar-refractivity contribution in [3.63, 3.8) is 0 Å². The maximum atomic E-state index is 12.2. The summed E-state index contributed by atoms with van der Waals surface area (Å²) >= 11 is 0. The zero-order valence-corrected chi connectivity index (χ0v) is 18.7. The van der Waals surface area contributed by atoms with Crippen molar-refractivity contribution < 1.29 is 8.95 Å². The Bertz CT molecular complexity index is 684. The number of aliphatic imine (C=N–C) groups is 1. The fourth-order valence-corrected chi connectivity index (χ4v) is 3.29. The Labute approximate surface area is 181 Å². The maximum Gasteiger partial charge on any atom is 0.191 e. The quantitative estimate of drug-likeness (QED) is 0.227. The Morgan fingerprint density at radius 2 is 1.70 bits per heavy atom. The lowest BCUT2D eigenvalue weighted by molar-refractivity contribution is 0.322. The minimum absolute atomic E-state index is 0. The zero-order valence-electron chi connectivity index (χ0n) is 15.6. The van der Waals surface area contributed by atoms with Crippen LogP contribution in [0, 0.1) is 0 Å². The van der Waals surface area contributed by atoms with E-state index in [1.807, 2.05) is 67.6 Å². The molecule has 2 aromatic rings. The van der Waals surface area contributed by atoms with Crippen LogP contribution in [-0.2, 0) is 16.6 Å². The molecule has 148 valence electrons. The van der Waals surface area contributed by atoms with Crippen LogP contribution in [0.5, 0.6) is 5.75 Å². The summed E-state index contributed by atoms with van der Waals surface area (Å²) in [5.74, 6) is 2.70. The number of hydrogen-bond acceptors (Lipinski definition) is 3. The van der Waals surface area contributed by atoms with Gasteiger partial charge in [-0.1, -0.05) is 48.5 Å². The molecule has 0 heterocycles. The van der Waals surface area contributed by atoms with E-state index in [-0.39, 0.29) is 24.0 Å². The molecule has 0 amide bonds. The minimum Gasteiger partial charge on any atom is -0.492 e. The van der Waals surface area contributed by atoms with Gasteiger partial charge < -0.3 is 15.4 Å². The van der Waals surface area contributed by atoms with Gasteiger partial charge >= 0.3 is 0 Å². The van der Waals surface area contributed by atoms with Crippen LogP contribution in [0.2, 0.25) is 0 Å². The van der Waals surface area contributed by atoms with Gasteiger partial charge in [-0.25, -0.2) is 0 Å². The number of ether oxygens (including phenoxy) is 1. The highest BCUT2D eigenvalue weighted by Crippen LogP contribution is 2.07. The number of nitrogens with one attached hydrogen (secondary N) is 2. The molecule has 5 nitrogen and oxygen atoms in total. The van der Waals surface area contributed by atoms with Crippen LogP contribution in [0.1, 0.15) is 12.5 Å².